The first-order chi connectivity index (χ1) is 7.75. The van der Waals surface area contributed by atoms with Crippen molar-refractivity contribution < 1.29 is 0 Å². The van der Waals surface area contributed by atoms with Crippen molar-refractivity contribution >= 4 is 23.1 Å². The third kappa shape index (κ3) is 3.47. The molecule has 1 N–H and O–H groups in total. The molecule has 0 amide bonds. The van der Waals surface area contributed by atoms with Gasteiger partial charge in [-0.25, -0.2) is 4.98 Å². The molecule has 1 aliphatic rings. The molecular weight excluding hydrogens is 236 g/mol. The van der Waals surface area contributed by atoms with Crippen LogP contribution in [0.1, 0.15) is 36.5 Å². The Kier molecular flexibility index (Phi) is 4.67. The first kappa shape index (κ1) is 12.4. The molecule has 2 rings (SSSR count). The summed E-state index contributed by atoms with van der Waals surface area (Å²) in [5.41, 5.74) is 1.20. The predicted molar refractivity (Wildman–Crippen MR) is 73.3 cm³/mol. The number of aromatic nitrogens is 1. The quantitative estimate of drug-likeness (QED) is 0.895. The molecule has 0 bridgehead atoms. The van der Waals surface area contributed by atoms with E-state index in [1.165, 1.54) is 30.0 Å². The van der Waals surface area contributed by atoms with E-state index >= 15 is 0 Å². The predicted octanol–water partition coefficient (Wildman–Crippen LogP) is 3.25. The van der Waals surface area contributed by atoms with Crippen LogP contribution >= 0.6 is 23.1 Å². The summed E-state index contributed by atoms with van der Waals surface area (Å²) >= 11 is 3.83. The van der Waals surface area contributed by atoms with E-state index in [1.807, 2.05) is 0 Å². The van der Waals surface area contributed by atoms with E-state index < -0.39 is 0 Å². The molecule has 2 heterocycles. The lowest BCUT2D eigenvalue weighted by atomic mass is 10.0. The average Bonchev–Trinajstić information content (AvgIpc) is 2.74. The van der Waals surface area contributed by atoms with Crippen molar-refractivity contribution in [1.82, 2.24) is 10.3 Å². The SMILES string of the molecule is Cc1nc(C(C)NCC2CCSCC2)cs1. The maximum Gasteiger partial charge on any atom is 0.0898 e. The van der Waals surface area contributed by atoms with Crippen molar-refractivity contribution in [3.63, 3.8) is 0 Å². The first-order valence-electron chi connectivity index (χ1n) is 5.99. The minimum Gasteiger partial charge on any atom is -0.309 e. The smallest absolute Gasteiger partial charge is 0.0898 e. The summed E-state index contributed by atoms with van der Waals surface area (Å²) in [7, 11) is 0. The summed E-state index contributed by atoms with van der Waals surface area (Å²) in [6.07, 6.45) is 2.75. The monoisotopic (exact) mass is 256 g/mol. The number of nitrogens with zero attached hydrogens (tertiary/aromatic N) is 1. The van der Waals surface area contributed by atoms with Gasteiger partial charge in [-0.1, -0.05) is 0 Å². The lowest BCUT2D eigenvalue weighted by molar-refractivity contribution is 0.418. The van der Waals surface area contributed by atoms with Crippen LogP contribution < -0.4 is 5.32 Å². The molecule has 1 atom stereocenters. The van der Waals surface area contributed by atoms with Crippen LogP contribution in [0.2, 0.25) is 0 Å². The lowest BCUT2D eigenvalue weighted by Gasteiger charge is -2.23. The maximum absolute atomic E-state index is 4.53. The second kappa shape index (κ2) is 6.03. The van der Waals surface area contributed by atoms with E-state index in [4.69, 9.17) is 0 Å². The highest BCUT2D eigenvalue weighted by Gasteiger charge is 2.15. The lowest BCUT2D eigenvalue weighted by Crippen LogP contribution is -2.28. The van der Waals surface area contributed by atoms with Gasteiger partial charge in [-0.2, -0.15) is 11.8 Å². The minimum atomic E-state index is 0.402. The van der Waals surface area contributed by atoms with Gasteiger partial charge in [-0.05, 0) is 50.7 Å². The molecule has 0 aromatic carbocycles. The number of thioether (sulfide) groups is 1. The van der Waals surface area contributed by atoms with Crippen LogP contribution in [0.15, 0.2) is 5.38 Å². The van der Waals surface area contributed by atoms with Crippen molar-refractivity contribution in [3.8, 4) is 0 Å². The fourth-order valence-corrected chi connectivity index (χ4v) is 3.89. The van der Waals surface area contributed by atoms with Crippen molar-refractivity contribution in [2.75, 3.05) is 18.1 Å². The fraction of sp³-hybridized carbons (Fsp3) is 0.750. The molecular formula is C12H20N2S2. The molecule has 0 spiro atoms. The van der Waals surface area contributed by atoms with Crippen LogP contribution in [0.25, 0.3) is 0 Å². The van der Waals surface area contributed by atoms with Crippen molar-refractivity contribution in [3.05, 3.63) is 16.1 Å². The Morgan fingerprint density at radius 1 is 1.50 bits per heavy atom. The molecule has 1 fully saturated rings. The van der Waals surface area contributed by atoms with E-state index in [0.29, 0.717) is 6.04 Å². The zero-order valence-electron chi connectivity index (χ0n) is 10.0. The molecule has 2 nitrogen and oxygen atoms in total. The second-order valence-corrected chi connectivity index (χ2v) is 6.76. The number of nitrogens with one attached hydrogen (secondary N) is 1. The Labute approximate surface area is 106 Å². The molecule has 0 radical (unpaired) electrons. The molecule has 1 unspecified atom stereocenters. The number of rotatable bonds is 4. The van der Waals surface area contributed by atoms with Crippen molar-refractivity contribution in [1.29, 1.82) is 0 Å². The number of hydrogen-bond acceptors (Lipinski definition) is 4. The topological polar surface area (TPSA) is 24.9 Å². The van der Waals surface area contributed by atoms with Crippen LogP contribution in [-0.2, 0) is 0 Å². The number of aryl methyl sites for hydroxylation is 1. The largest absolute Gasteiger partial charge is 0.309 e. The standard InChI is InChI=1S/C12H20N2S2/c1-9(12-8-16-10(2)14-12)13-7-11-3-5-15-6-4-11/h8-9,11,13H,3-7H2,1-2H3. The van der Waals surface area contributed by atoms with Gasteiger partial charge in [0.25, 0.3) is 0 Å². The van der Waals surface area contributed by atoms with Gasteiger partial charge in [0.2, 0.25) is 0 Å². The Morgan fingerprint density at radius 2 is 2.25 bits per heavy atom. The normalized spacial score (nSPS) is 19.9. The molecule has 1 aliphatic heterocycles. The molecule has 1 saturated heterocycles. The highest BCUT2D eigenvalue weighted by atomic mass is 32.2. The van der Waals surface area contributed by atoms with Crippen LogP contribution in [0, 0.1) is 12.8 Å². The first-order valence-corrected chi connectivity index (χ1v) is 8.02. The minimum absolute atomic E-state index is 0.402. The zero-order chi connectivity index (χ0) is 11.4. The second-order valence-electron chi connectivity index (χ2n) is 4.48. The molecule has 0 aliphatic carbocycles. The molecule has 0 saturated carbocycles. The molecule has 90 valence electrons. The van der Waals surface area contributed by atoms with Gasteiger partial charge in [0.15, 0.2) is 0 Å². The van der Waals surface area contributed by atoms with Gasteiger partial charge in [-0.15, -0.1) is 11.3 Å². The van der Waals surface area contributed by atoms with Crippen LogP contribution in [0.3, 0.4) is 0 Å². The highest BCUT2D eigenvalue weighted by molar-refractivity contribution is 7.99. The molecule has 1 aromatic rings. The molecule has 4 heteroatoms. The van der Waals surface area contributed by atoms with Gasteiger partial charge in [0.05, 0.1) is 10.7 Å². The van der Waals surface area contributed by atoms with E-state index in [0.717, 1.165) is 17.5 Å². The Bertz CT molecular complexity index is 319. The van der Waals surface area contributed by atoms with Gasteiger partial charge < -0.3 is 5.32 Å². The fourth-order valence-electron chi connectivity index (χ4n) is 1.98. The molecule has 16 heavy (non-hydrogen) atoms. The summed E-state index contributed by atoms with van der Waals surface area (Å²) in [4.78, 5) is 4.53. The van der Waals surface area contributed by atoms with Crippen molar-refractivity contribution in [2.24, 2.45) is 5.92 Å². The van der Waals surface area contributed by atoms with E-state index in [-0.39, 0.29) is 0 Å². The van der Waals surface area contributed by atoms with Crippen LogP contribution in [0.4, 0.5) is 0 Å². The van der Waals surface area contributed by atoms with E-state index in [2.05, 4.69) is 41.3 Å². The summed E-state index contributed by atoms with van der Waals surface area (Å²) in [5, 5.41) is 6.95. The van der Waals surface area contributed by atoms with Gasteiger partial charge in [0.1, 0.15) is 0 Å². The van der Waals surface area contributed by atoms with Gasteiger partial charge >= 0.3 is 0 Å². The average molecular weight is 256 g/mol. The Balaban J connectivity index is 1.76. The summed E-state index contributed by atoms with van der Waals surface area (Å²) in [6.45, 7) is 5.43. The third-order valence-electron chi connectivity index (χ3n) is 3.13. The highest BCUT2D eigenvalue weighted by Crippen LogP contribution is 2.23. The number of hydrogen-bond donors (Lipinski definition) is 1. The third-order valence-corrected chi connectivity index (χ3v) is 4.97. The van der Waals surface area contributed by atoms with Crippen molar-refractivity contribution in [2.45, 2.75) is 32.7 Å². The van der Waals surface area contributed by atoms with Crippen LogP contribution in [-0.4, -0.2) is 23.0 Å². The van der Waals surface area contributed by atoms with E-state index in [9.17, 15) is 0 Å². The van der Waals surface area contributed by atoms with Gasteiger partial charge in [0, 0.05) is 11.4 Å². The Hall–Kier alpha value is -0.0600. The molecule has 1 aromatic heterocycles. The number of thiazole rings is 1. The Morgan fingerprint density at radius 3 is 2.88 bits per heavy atom. The van der Waals surface area contributed by atoms with Gasteiger partial charge in [-0.3, -0.25) is 0 Å². The maximum atomic E-state index is 4.53. The van der Waals surface area contributed by atoms with Crippen LogP contribution in [0.5, 0.6) is 0 Å². The summed E-state index contributed by atoms with van der Waals surface area (Å²) < 4.78 is 0. The summed E-state index contributed by atoms with van der Waals surface area (Å²) in [6, 6.07) is 0.402. The zero-order valence-corrected chi connectivity index (χ0v) is 11.7. The summed E-state index contributed by atoms with van der Waals surface area (Å²) in [5.74, 6) is 3.57. The van der Waals surface area contributed by atoms with E-state index in [1.54, 1.807) is 11.3 Å².